The summed E-state index contributed by atoms with van der Waals surface area (Å²) in [5.41, 5.74) is 2.69. The van der Waals surface area contributed by atoms with Gasteiger partial charge in [-0.25, -0.2) is 15.0 Å². The lowest BCUT2D eigenvalue weighted by molar-refractivity contribution is 0.0809. The predicted octanol–water partition coefficient (Wildman–Crippen LogP) is 3.11. The van der Waals surface area contributed by atoms with Crippen molar-refractivity contribution in [3.63, 3.8) is 0 Å². The van der Waals surface area contributed by atoms with E-state index in [0.717, 1.165) is 37.1 Å². The first-order valence-corrected chi connectivity index (χ1v) is 12.6. The van der Waals surface area contributed by atoms with Crippen LogP contribution in [0.25, 0.3) is 22.3 Å². The number of hydrogen-bond donors (Lipinski definition) is 2. The summed E-state index contributed by atoms with van der Waals surface area (Å²) < 4.78 is 18.0. The highest BCUT2D eigenvalue weighted by molar-refractivity contribution is 5.78. The summed E-state index contributed by atoms with van der Waals surface area (Å²) >= 11 is 0. The molecular weight excluding hydrogens is 460 g/mol. The van der Waals surface area contributed by atoms with Gasteiger partial charge in [-0.05, 0) is 45.4 Å². The maximum Gasteiger partial charge on any atom is 0.293 e. The molecule has 10 nitrogen and oxygen atoms in total. The molecule has 0 atom stereocenters. The lowest BCUT2D eigenvalue weighted by Gasteiger charge is -2.14. The third-order valence-corrected chi connectivity index (χ3v) is 5.44. The van der Waals surface area contributed by atoms with Crippen LogP contribution in [0.1, 0.15) is 33.6 Å². The minimum Gasteiger partial charge on any atom is -0.481 e. The van der Waals surface area contributed by atoms with Gasteiger partial charge in [0, 0.05) is 55.8 Å². The summed E-state index contributed by atoms with van der Waals surface area (Å²) in [4.78, 5) is 26.7. The fourth-order valence-electron chi connectivity index (χ4n) is 3.60. The first kappa shape index (κ1) is 27.5. The van der Waals surface area contributed by atoms with Gasteiger partial charge in [0.1, 0.15) is 0 Å². The van der Waals surface area contributed by atoms with Gasteiger partial charge in [0.25, 0.3) is 5.56 Å². The molecule has 0 aliphatic carbocycles. The fraction of sp³-hybridized carbons (Fsp3) is 0.538. The molecule has 0 saturated heterocycles. The van der Waals surface area contributed by atoms with Crippen LogP contribution in [-0.2, 0) is 16.0 Å². The quantitative estimate of drug-likeness (QED) is 0.288. The number of fused-ring (bicyclic) bond motifs is 1. The number of pyridine rings is 2. The van der Waals surface area contributed by atoms with E-state index in [1.807, 2.05) is 26.0 Å². The Morgan fingerprint density at radius 3 is 2.58 bits per heavy atom. The van der Waals surface area contributed by atoms with Crippen LogP contribution in [-0.4, -0.2) is 72.2 Å². The van der Waals surface area contributed by atoms with Crippen molar-refractivity contribution in [3.05, 3.63) is 40.9 Å². The second-order valence-corrected chi connectivity index (χ2v) is 8.64. The van der Waals surface area contributed by atoms with Gasteiger partial charge in [0.05, 0.1) is 31.9 Å². The molecule has 3 rings (SSSR count). The van der Waals surface area contributed by atoms with E-state index in [9.17, 15) is 4.79 Å². The van der Waals surface area contributed by atoms with E-state index in [0.29, 0.717) is 55.8 Å². The van der Waals surface area contributed by atoms with Crippen LogP contribution < -0.4 is 20.9 Å². The molecule has 0 aliphatic rings. The Bertz CT molecular complexity index is 1130. The van der Waals surface area contributed by atoms with E-state index in [1.54, 1.807) is 30.1 Å². The Balaban J connectivity index is 1.75. The molecule has 0 saturated carbocycles. The Morgan fingerprint density at radius 2 is 1.86 bits per heavy atom. The Labute approximate surface area is 212 Å². The van der Waals surface area contributed by atoms with Crippen molar-refractivity contribution in [2.45, 2.75) is 46.3 Å². The van der Waals surface area contributed by atoms with Crippen molar-refractivity contribution in [1.29, 1.82) is 0 Å². The Hall–Kier alpha value is -3.08. The predicted molar refractivity (Wildman–Crippen MR) is 142 cm³/mol. The van der Waals surface area contributed by atoms with Gasteiger partial charge in [0.15, 0.2) is 11.5 Å². The van der Waals surface area contributed by atoms with Crippen LogP contribution in [0.15, 0.2) is 35.4 Å². The molecule has 10 heteroatoms. The van der Waals surface area contributed by atoms with Gasteiger partial charge in [-0.2, -0.15) is 0 Å². The molecule has 36 heavy (non-hydrogen) atoms. The zero-order valence-corrected chi connectivity index (χ0v) is 21.7. The lowest BCUT2D eigenvalue weighted by Crippen LogP contribution is -2.29. The van der Waals surface area contributed by atoms with Gasteiger partial charge >= 0.3 is 0 Å². The number of nitrogens with one attached hydrogen (secondary N) is 2. The molecule has 2 N–H and O–H groups in total. The molecule has 0 amide bonds. The molecule has 0 aromatic carbocycles. The standard InChI is InChI=1S/C26H38N6O4/c1-5-13-35-15-12-32-22-16-21(20-7-8-23(34-4)29-17-20)18-30-24(22)31-25(26(32)33)28-10-6-9-27-11-14-36-19(2)3/h7-8,16-19,27H,5-6,9-15H2,1-4H3,(H,28,30,31). The highest BCUT2D eigenvalue weighted by Crippen LogP contribution is 2.23. The van der Waals surface area contributed by atoms with Crippen molar-refractivity contribution >= 4 is 17.0 Å². The monoisotopic (exact) mass is 498 g/mol. The van der Waals surface area contributed by atoms with Crippen LogP contribution in [0.5, 0.6) is 5.88 Å². The van der Waals surface area contributed by atoms with Crippen LogP contribution in [0.3, 0.4) is 0 Å². The van der Waals surface area contributed by atoms with Gasteiger partial charge in [0.2, 0.25) is 5.88 Å². The van der Waals surface area contributed by atoms with E-state index in [-0.39, 0.29) is 11.7 Å². The van der Waals surface area contributed by atoms with Crippen LogP contribution in [0.4, 0.5) is 5.82 Å². The minimum absolute atomic E-state index is 0.187. The van der Waals surface area contributed by atoms with E-state index in [4.69, 9.17) is 14.2 Å². The van der Waals surface area contributed by atoms with Gasteiger partial charge in [-0.1, -0.05) is 6.92 Å². The molecule has 3 aromatic heterocycles. The molecule has 3 aromatic rings. The van der Waals surface area contributed by atoms with E-state index in [2.05, 4.69) is 32.5 Å². The normalized spacial score (nSPS) is 11.4. The number of rotatable bonds is 16. The molecule has 0 unspecified atom stereocenters. The highest BCUT2D eigenvalue weighted by atomic mass is 16.5. The highest BCUT2D eigenvalue weighted by Gasteiger charge is 2.13. The van der Waals surface area contributed by atoms with Crippen LogP contribution >= 0.6 is 0 Å². The maximum atomic E-state index is 13.3. The number of ether oxygens (including phenoxy) is 3. The number of nitrogens with zero attached hydrogens (tertiary/aromatic N) is 4. The Kier molecular flexibility index (Phi) is 11.1. The SMILES string of the molecule is CCCOCCn1c(=O)c(NCCCNCCOC(C)C)nc2ncc(-c3ccc(OC)nc3)cc21. The molecule has 0 spiro atoms. The fourth-order valence-corrected chi connectivity index (χ4v) is 3.60. The molecule has 0 radical (unpaired) electrons. The van der Waals surface area contributed by atoms with E-state index < -0.39 is 0 Å². The first-order chi connectivity index (χ1) is 17.5. The van der Waals surface area contributed by atoms with Crippen molar-refractivity contribution in [2.24, 2.45) is 0 Å². The van der Waals surface area contributed by atoms with Crippen LogP contribution in [0, 0.1) is 0 Å². The third kappa shape index (κ3) is 7.97. The van der Waals surface area contributed by atoms with Crippen molar-refractivity contribution in [2.75, 3.05) is 51.9 Å². The summed E-state index contributed by atoms with van der Waals surface area (Å²) in [6.07, 6.45) is 5.47. The summed E-state index contributed by atoms with van der Waals surface area (Å²) in [7, 11) is 1.58. The smallest absolute Gasteiger partial charge is 0.293 e. The topological polar surface area (TPSA) is 112 Å². The zero-order valence-electron chi connectivity index (χ0n) is 21.7. The number of methoxy groups -OCH3 is 1. The average molecular weight is 499 g/mol. The van der Waals surface area contributed by atoms with Gasteiger partial charge in [-0.3, -0.25) is 9.36 Å². The minimum atomic E-state index is -0.187. The average Bonchev–Trinajstić information content (AvgIpc) is 2.89. The van der Waals surface area contributed by atoms with E-state index in [1.165, 1.54) is 0 Å². The second-order valence-electron chi connectivity index (χ2n) is 8.64. The van der Waals surface area contributed by atoms with Crippen LogP contribution in [0.2, 0.25) is 0 Å². The third-order valence-electron chi connectivity index (χ3n) is 5.44. The summed E-state index contributed by atoms with van der Waals surface area (Å²) in [5.74, 6) is 0.835. The summed E-state index contributed by atoms with van der Waals surface area (Å²) in [6, 6.07) is 5.63. The van der Waals surface area contributed by atoms with Crippen molar-refractivity contribution in [3.8, 4) is 17.0 Å². The van der Waals surface area contributed by atoms with Crippen molar-refractivity contribution < 1.29 is 14.2 Å². The maximum absolute atomic E-state index is 13.3. The molecule has 0 aliphatic heterocycles. The van der Waals surface area contributed by atoms with Gasteiger partial charge < -0.3 is 24.8 Å². The molecule has 196 valence electrons. The summed E-state index contributed by atoms with van der Waals surface area (Å²) in [6.45, 7) is 10.5. The van der Waals surface area contributed by atoms with Crippen molar-refractivity contribution in [1.82, 2.24) is 24.8 Å². The van der Waals surface area contributed by atoms with E-state index >= 15 is 0 Å². The largest absolute Gasteiger partial charge is 0.481 e. The summed E-state index contributed by atoms with van der Waals surface area (Å²) in [5, 5.41) is 6.54. The molecule has 0 fully saturated rings. The number of aromatic nitrogens is 4. The van der Waals surface area contributed by atoms with Gasteiger partial charge in [-0.15, -0.1) is 0 Å². The number of hydrogen-bond acceptors (Lipinski definition) is 9. The molecule has 3 heterocycles. The lowest BCUT2D eigenvalue weighted by atomic mass is 10.1. The number of anilines is 1. The molecular formula is C26H38N6O4. The zero-order chi connectivity index (χ0) is 25.8. The molecule has 0 bridgehead atoms. The first-order valence-electron chi connectivity index (χ1n) is 12.6. The second kappa shape index (κ2) is 14.5. The Morgan fingerprint density at radius 1 is 1.03 bits per heavy atom.